The van der Waals surface area contributed by atoms with Crippen LogP contribution in [0.1, 0.15) is 18.4 Å². The summed E-state index contributed by atoms with van der Waals surface area (Å²) < 4.78 is 0. The third-order valence-corrected chi connectivity index (χ3v) is 5.92. The zero-order valence-corrected chi connectivity index (χ0v) is 19.1. The van der Waals surface area contributed by atoms with Gasteiger partial charge >= 0.3 is 5.97 Å². The van der Waals surface area contributed by atoms with Crippen molar-refractivity contribution in [3.05, 3.63) is 29.8 Å². The summed E-state index contributed by atoms with van der Waals surface area (Å²) >= 11 is 7.97. The number of carbonyl (C=O) groups excluding carboxylic acids is 3. The molecule has 3 amide bonds. The van der Waals surface area contributed by atoms with E-state index in [1.807, 2.05) is 0 Å². The number of rotatable bonds is 10. The molecule has 10 nitrogen and oxygen atoms in total. The number of aromatic hydroxyl groups is 1. The topological polar surface area (TPSA) is 162 Å². The van der Waals surface area contributed by atoms with Crippen molar-refractivity contribution in [3.8, 4) is 5.75 Å². The van der Waals surface area contributed by atoms with Gasteiger partial charge in [0, 0.05) is 24.5 Å². The predicted octanol–water partition coefficient (Wildman–Crippen LogP) is -0.833. The highest BCUT2D eigenvalue weighted by Gasteiger charge is 2.37. The number of hydrogen-bond donors (Lipinski definition) is 7. The molecule has 0 saturated carbocycles. The molecule has 6 N–H and O–H groups in total. The van der Waals surface area contributed by atoms with E-state index >= 15 is 0 Å². The van der Waals surface area contributed by atoms with Gasteiger partial charge in [0.05, 0.1) is 6.04 Å². The lowest BCUT2D eigenvalue weighted by atomic mass is 10.0. The fourth-order valence-corrected chi connectivity index (χ4v) is 3.80. The maximum absolute atomic E-state index is 13.0. The van der Waals surface area contributed by atoms with Crippen LogP contribution < -0.4 is 16.4 Å². The van der Waals surface area contributed by atoms with Crippen LogP contribution in [0.25, 0.3) is 0 Å². The molecule has 176 valence electrons. The number of phenolic OH excluding ortho intramolecular Hbond substituents is 1. The van der Waals surface area contributed by atoms with Gasteiger partial charge in [-0.25, -0.2) is 4.79 Å². The average molecular weight is 485 g/mol. The highest BCUT2D eigenvalue weighted by molar-refractivity contribution is 7.80. The minimum Gasteiger partial charge on any atom is -0.508 e. The average Bonchev–Trinajstić information content (AvgIpc) is 3.26. The van der Waals surface area contributed by atoms with Crippen molar-refractivity contribution in [2.75, 3.05) is 18.1 Å². The van der Waals surface area contributed by atoms with Crippen molar-refractivity contribution in [2.24, 2.45) is 5.73 Å². The van der Waals surface area contributed by atoms with E-state index in [1.54, 1.807) is 12.1 Å². The first-order valence-electron chi connectivity index (χ1n) is 10.1. The van der Waals surface area contributed by atoms with Crippen LogP contribution in [0, 0.1) is 0 Å². The first-order chi connectivity index (χ1) is 15.2. The van der Waals surface area contributed by atoms with E-state index in [-0.39, 0.29) is 23.7 Å². The molecule has 0 bridgehead atoms. The van der Waals surface area contributed by atoms with Gasteiger partial charge < -0.3 is 31.5 Å². The Bertz CT molecular complexity index is 838. The fraction of sp³-hybridized carbons (Fsp3) is 0.500. The van der Waals surface area contributed by atoms with Gasteiger partial charge in [-0.15, -0.1) is 0 Å². The summed E-state index contributed by atoms with van der Waals surface area (Å²) in [6.07, 6.45) is 1.07. The number of carboxylic acid groups (broad SMARTS) is 1. The van der Waals surface area contributed by atoms with Crippen LogP contribution in [0.3, 0.4) is 0 Å². The van der Waals surface area contributed by atoms with Gasteiger partial charge in [0.15, 0.2) is 0 Å². The van der Waals surface area contributed by atoms with Crippen molar-refractivity contribution in [3.63, 3.8) is 0 Å². The lowest BCUT2D eigenvalue weighted by Crippen LogP contribution is -2.57. The second-order valence-electron chi connectivity index (χ2n) is 7.49. The van der Waals surface area contributed by atoms with Gasteiger partial charge in [-0.3, -0.25) is 14.4 Å². The summed E-state index contributed by atoms with van der Waals surface area (Å²) in [7, 11) is 0. The van der Waals surface area contributed by atoms with Crippen molar-refractivity contribution >= 4 is 48.9 Å². The van der Waals surface area contributed by atoms with Gasteiger partial charge in [0.1, 0.15) is 23.9 Å². The molecule has 1 heterocycles. The maximum Gasteiger partial charge on any atom is 0.327 e. The number of carboxylic acids is 1. The summed E-state index contributed by atoms with van der Waals surface area (Å²) in [5.74, 6) is -2.83. The molecular formula is C20H28N4O6S2. The number of nitrogens with two attached hydrogens (primary N) is 1. The third-order valence-electron chi connectivity index (χ3n) is 5.16. The van der Waals surface area contributed by atoms with Crippen LogP contribution in [0.2, 0.25) is 0 Å². The van der Waals surface area contributed by atoms with E-state index in [0.717, 1.165) is 0 Å². The molecule has 1 saturated heterocycles. The zero-order chi connectivity index (χ0) is 23.8. The second-order valence-corrected chi connectivity index (χ2v) is 8.22. The van der Waals surface area contributed by atoms with Crippen LogP contribution in [-0.2, 0) is 25.6 Å². The molecule has 0 spiro atoms. The molecule has 1 aromatic carbocycles. The molecule has 0 aliphatic carbocycles. The van der Waals surface area contributed by atoms with Gasteiger partial charge in [-0.05, 0) is 30.5 Å². The lowest BCUT2D eigenvalue weighted by Gasteiger charge is -2.28. The zero-order valence-electron chi connectivity index (χ0n) is 17.3. The summed E-state index contributed by atoms with van der Waals surface area (Å²) in [6.45, 7) is 0.369. The van der Waals surface area contributed by atoms with Crippen LogP contribution in [0.4, 0.5) is 0 Å². The number of likely N-dealkylation sites (tertiary alicyclic amines) is 1. The van der Waals surface area contributed by atoms with Crippen LogP contribution >= 0.6 is 25.3 Å². The summed E-state index contributed by atoms with van der Waals surface area (Å²) in [5.41, 5.74) is 6.41. The number of amides is 3. The Balaban J connectivity index is 2.19. The number of thiol groups is 2. The third kappa shape index (κ3) is 6.78. The Morgan fingerprint density at radius 3 is 2.31 bits per heavy atom. The number of nitrogens with zero attached hydrogens (tertiary/aromatic N) is 1. The van der Waals surface area contributed by atoms with Crippen LogP contribution in [0.15, 0.2) is 24.3 Å². The van der Waals surface area contributed by atoms with E-state index in [4.69, 9.17) is 5.73 Å². The predicted molar refractivity (Wildman–Crippen MR) is 124 cm³/mol. The van der Waals surface area contributed by atoms with Gasteiger partial charge in [0.25, 0.3) is 0 Å². The molecule has 4 atom stereocenters. The van der Waals surface area contributed by atoms with Gasteiger partial charge in [-0.1, -0.05) is 12.1 Å². The molecule has 1 aliphatic heterocycles. The Morgan fingerprint density at radius 1 is 1.09 bits per heavy atom. The fourth-order valence-electron chi connectivity index (χ4n) is 3.40. The molecule has 4 unspecified atom stereocenters. The Hall–Kier alpha value is -2.44. The standard InChI is InChI=1S/C20H28N4O6S2/c21-13(9-31)19(28)24-7-1-2-16(24)18(27)22-14(8-11-3-5-12(25)6-4-11)17(26)23-15(10-32)20(29)30/h3-6,13-16,25,31-32H,1-2,7-10,21H2,(H,22,27)(H,23,26)(H,29,30). The van der Waals surface area contributed by atoms with Crippen molar-refractivity contribution in [1.29, 1.82) is 0 Å². The highest BCUT2D eigenvalue weighted by atomic mass is 32.1. The quantitative estimate of drug-likeness (QED) is 0.213. The summed E-state index contributed by atoms with van der Waals surface area (Å²) in [6, 6.07) is 2.09. The summed E-state index contributed by atoms with van der Waals surface area (Å²) in [4.78, 5) is 51.0. The molecule has 32 heavy (non-hydrogen) atoms. The number of hydrogen-bond acceptors (Lipinski definition) is 8. The summed E-state index contributed by atoms with van der Waals surface area (Å²) in [5, 5.41) is 23.7. The van der Waals surface area contributed by atoms with Crippen molar-refractivity contribution in [1.82, 2.24) is 15.5 Å². The maximum atomic E-state index is 13.0. The molecule has 1 aliphatic rings. The number of benzene rings is 1. The highest BCUT2D eigenvalue weighted by Crippen LogP contribution is 2.19. The molecule has 1 aromatic rings. The van der Waals surface area contributed by atoms with E-state index in [1.165, 1.54) is 17.0 Å². The molecule has 0 aromatic heterocycles. The van der Waals surface area contributed by atoms with E-state index in [9.17, 15) is 29.4 Å². The number of aliphatic carboxylic acids is 1. The Morgan fingerprint density at radius 2 is 1.75 bits per heavy atom. The lowest BCUT2D eigenvalue weighted by molar-refractivity contribution is -0.142. The minimum absolute atomic E-state index is 0.0421. The number of phenols is 1. The van der Waals surface area contributed by atoms with Gasteiger partial charge in [0.2, 0.25) is 17.7 Å². The number of nitrogens with one attached hydrogen (secondary N) is 2. The SMILES string of the molecule is NC(CS)C(=O)N1CCCC1C(=O)NC(Cc1ccc(O)cc1)C(=O)NC(CS)C(=O)O. The minimum atomic E-state index is -1.25. The molecule has 2 rings (SSSR count). The van der Waals surface area contributed by atoms with Crippen molar-refractivity contribution < 1.29 is 29.4 Å². The normalized spacial score (nSPS) is 18.5. The van der Waals surface area contributed by atoms with Crippen LogP contribution in [0.5, 0.6) is 5.75 Å². The first-order valence-corrected chi connectivity index (χ1v) is 11.3. The Labute approximate surface area is 196 Å². The number of carbonyl (C=O) groups is 4. The van der Waals surface area contributed by atoms with E-state index in [2.05, 4.69) is 35.9 Å². The van der Waals surface area contributed by atoms with E-state index in [0.29, 0.717) is 24.9 Å². The second kappa shape index (κ2) is 12.0. The van der Waals surface area contributed by atoms with Crippen molar-refractivity contribution in [2.45, 2.75) is 43.4 Å². The van der Waals surface area contributed by atoms with Gasteiger partial charge in [-0.2, -0.15) is 25.3 Å². The smallest absolute Gasteiger partial charge is 0.327 e. The van der Waals surface area contributed by atoms with Crippen LogP contribution in [-0.4, -0.2) is 81.0 Å². The first kappa shape index (κ1) is 25.8. The largest absolute Gasteiger partial charge is 0.508 e. The molecule has 0 radical (unpaired) electrons. The Kier molecular flexibility index (Phi) is 9.66. The monoisotopic (exact) mass is 484 g/mol. The molecule has 1 fully saturated rings. The molecule has 12 heteroatoms. The van der Waals surface area contributed by atoms with E-state index < -0.39 is 47.9 Å². The molecular weight excluding hydrogens is 456 g/mol.